The van der Waals surface area contributed by atoms with Crippen LogP contribution in [0.15, 0.2) is 60.9 Å². The number of likely N-dealkylation sites (tertiary alicyclic amines) is 1. The Labute approximate surface area is 277 Å². The number of hydrogen-bond donors (Lipinski definition) is 2. The predicted octanol–water partition coefficient (Wildman–Crippen LogP) is 8.91. The zero-order valence-corrected chi connectivity index (χ0v) is 28.9. The molecule has 0 bridgehead atoms. The number of amides is 2. The first-order chi connectivity index (χ1) is 22.3. The number of imidazole rings is 2. The lowest BCUT2D eigenvalue weighted by atomic mass is 10.0. The van der Waals surface area contributed by atoms with Crippen molar-refractivity contribution in [3.63, 3.8) is 0 Å². The largest absolute Gasteiger partial charge is 0.444 e. The van der Waals surface area contributed by atoms with E-state index in [4.69, 9.17) is 9.47 Å². The maximum Gasteiger partial charge on any atom is 0.410 e. The molecule has 4 aromatic rings. The minimum atomic E-state index is -0.566. The molecular formula is C37H48N6O4. The Morgan fingerprint density at radius 3 is 1.89 bits per heavy atom. The third-order valence-corrected chi connectivity index (χ3v) is 8.16. The summed E-state index contributed by atoms with van der Waals surface area (Å²) in [5.74, 6) is 1.52. The fourth-order valence-corrected chi connectivity index (χ4v) is 5.94. The first kappa shape index (κ1) is 33.8. The number of nitrogens with zero attached hydrogens (tertiary/aromatic N) is 4. The quantitative estimate of drug-likeness (QED) is 0.199. The number of H-pyrrole nitrogens is 2. The minimum Gasteiger partial charge on any atom is -0.444 e. The summed E-state index contributed by atoms with van der Waals surface area (Å²) in [4.78, 5) is 45.3. The summed E-state index contributed by atoms with van der Waals surface area (Å²) in [6, 6.07) is 16.4. The second-order valence-electron chi connectivity index (χ2n) is 14.0. The van der Waals surface area contributed by atoms with E-state index in [0.29, 0.717) is 19.5 Å². The zero-order valence-electron chi connectivity index (χ0n) is 28.9. The molecule has 2 aromatic heterocycles. The van der Waals surface area contributed by atoms with Crippen molar-refractivity contribution in [3.8, 4) is 33.6 Å². The number of carbonyl (C=O) groups excluding carboxylic acids is 2. The molecule has 1 saturated heterocycles. The van der Waals surface area contributed by atoms with Gasteiger partial charge in [0, 0.05) is 13.1 Å². The Balaban J connectivity index is 1.26. The Kier molecular flexibility index (Phi) is 9.79. The molecule has 3 heterocycles. The number of nitrogens with one attached hydrogen (secondary N) is 2. The number of ether oxygens (including phenoxy) is 2. The number of carbonyl (C=O) groups is 2. The van der Waals surface area contributed by atoms with Crippen molar-refractivity contribution < 1.29 is 19.1 Å². The van der Waals surface area contributed by atoms with E-state index in [2.05, 4.69) is 68.5 Å². The maximum absolute atomic E-state index is 12.9. The maximum atomic E-state index is 12.9. The monoisotopic (exact) mass is 640 g/mol. The molecule has 1 aliphatic rings. The molecule has 5 rings (SSSR count). The van der Waals surface area contributed by atoms with Gasteiger partial charge in [0.2, 0.25) is 0 Å². The molecule has 0 aliphatic carbocycles. The van der Waals surface area contributed by atoms with Crippen molar-refractivity contribution in [1.82, 2.24) is 29.7 Å². The Bertz CT molecular complexity index is 1660. The van der Waals surface area contributed by atoms with Crippen molar-refractivity contribution in [3.05, 3.63) is 72.6 Å². The van der Waals surface area contributed by atoms with Crippen LogP contribution >= 0.6 is 0 Å². The summed E-state index contributed by atoms with van der Waals surface area (Å²) < 4.78 is 11.3. The Morgan fingerprint density at radius 2 is 1.36 bits per heavy atom. The van der Waals surface area contributed by atoms with Crippen molar-refractivity contribution >= 4 is 12.2 Å². The van der Waals surface area contributed by atoms with Crippen LogP contribution < -0.4 is 0 Å². The Hall–Kier alpha value is -4.60. The molecule has 0 spiro atoms. The molecule has 2 N–H and O–H groups in total. The van der Waals surface area contributed by atoms with Crippen LogP contribution in [0, 0.1) is 0 Å². The van der Waals surface area contributed by atoms with Crippen LogP contribution in [0.1, 0.15) is 98.4 Å². The number of aromatic amines is 2. The summed E-state index contributed by atoms with van der Waals surface area (Å²) in [5.41, 5.74) is 4.92. The SMILES string of the molecule is CC[C@@H](c1ncc(-c2ccc(-c3ccc(-c4cnc([C@@H]5CCCN5C(=O)OC(C)(C)C)[nH]4)cc3)cc2)[nH]1)N(CC)C(=O)OC(C)(C)C. The van der Waals surface area contributed by atoms with Crippen LogP contribution in [0.2, 0.25) is 0 Å². The van der Waals surface area contributed by atoms with E-state index in [0.717, 1.165) is 58.1 Å². The van der Waals surface area contributed by atoms with Gasteiger partial charge < -0.3 is 19.4 Å². The zero-order chi connectivity index (χ0) is 33.9. The number of benzene rings is 2. The minimum absolute atomic E-state index is 0.120. The average Bonchev–Trinajstić information content (AvgIpc) is 3.79. The highest BCUT2D eigenvalue weighted by molar-refractivity contribution is 5.72. The molecule has 0 radical (unpaired) electrons. The van der Waals surface area contributed by atoms with Gasteiger partial charge in [-0.1, -0.05) is 55.5 Å². The standard InChI is InChI=1S/C37H48N6O4/c1-9-30(42(10-2)34(44)46-36(3,4)5)32-38-22-28(40-32)26-17-13-24(14-18-26)25-15-19-27(20-16-25)29-23-39-33(41-29)31-12-11-21-43(31)35(45)47-37(6,7)8/h13-20,22-23,30-31H,9-12,21H2,1-8H3,(H,38,40)(H,39,41)/t30-,31-/m0/s1. The van der Waals surface area contributed by atoms with Crippen molar-refractivity contribution in [1.29, 1.82) is 0 Å². The van der Waals surface area contributed by atoms with Gasteiger partial charge in [-0.15, -0.1) is 0 Å². The fourth-order valence-electron chi connectivity index (χ4n) is 5.94. The summed E-state index contributed by atoms with van der Waals surface area (Å²) >= 11 is 0. The third kappa shape index (κ3) is 8.04. The summed E-state index contributed by atoms with van der Waals surface area (Å²) in [5, 5.41) is 0. The lowest BCUT2D eigenvalue weighted by molar-refractivity contribution is 0.0156. The fraction of sp³-hybridized carbons (Fsp3) is 0.459. The van der Waals surface area contributed by atoms with E-state index in [1.165, 1.54) is 0 Å². The van der Waals surface area contributed by atoms with E-state index >= 15 is 0 Å². The van der Waals surface area contributed by atoms with Gasteiger partial charge in [-0.05, 0) is 90.0 Å². The van der Waals surface area contributed by atoms with Crippen molar-refractivity contribution in [2.75, 3.05) is 13.1 Å². The molecule has 1 aliphatic heterocycles. The van der Waals surface area contributed by atoms with Gasteiger partial charge in [-0.3, -0.25) is 9.80 Å². The molecule has 2 aromatic carbocycles. The van der Waals surface area contributed by atoms with Crippen LogP contribution in [0.25, 0.3) is 33.6 Å². The second-order valence-corrected chi connectivity index (χ2v) is 14.0. The summed E-state index contributed by atoms with van der Waals surface area (Å²) in [6.07, 6.45) is 5.49. The van der Waals surface area contributed by atoms with E-state index < -0.39 is 11.2 Å². The van der Waals surface area contributed by atoms with Gasteiger partial charge in [0.25, 0.3) is 0 Å². The highest BCUT2D eigenvalue weighted by atomic mass is 16.6. The van der Waals surface area contributed by atoms with E-state index in [1.807, 2.05) is 67.8 Å². The van der Waals surface area contributed by atoms with E-state index in [9.17, 15) is 9.59 Å². The summed E-state index contributed by atoms with van der Waals surface area (Å²) in [6.45, 7) is 16.4. The number of rotatable bonds is 8. The topological polar surface area (TPSA) is 116 Å². The number of hydrogen-bond acceptors (Lipinski definition) is 6. The smallest absolute Gasteiger partial charge is 0.410 e. The molecule has 250 valence electrons. The molecule has 2 atom stereocenters. The highest BCUT2D eigenvalue weighted by Crippen LogP contribution is 2.34. The van der Waals surface area contributed by atoms with Crippen LogP contribution in [-0.4, -0.2) is 66.2 Å². The van der Waals surface area contributed by atoms with Crippen LogP contribution in [-0.2, 0) is 9.47 Å². The molecule has 1 fully saturated rings. The molecule has 10 nitrogen and oxygen atoms in total. The average molecular weight is 641 g/mol. The van der Waals surface area contributed by atoms with E-state index in [1.54, 1.807) is 9.80 Å². The molecule has 10 heteroatoms. The van der Waals surface area contributed by atoms with Crippen LogP contribution in [0.3, 0.4) is 0 Å². The van der Waals surface area contributed by atoms with Crippen molar-refractivity contribution in [2.45, 2.75) is 97.9 Å². The van der Waals surface area contributed by atoms with Crippen LogP contribution in [0.4, 0.5) is 9.59 Å². The first-order valence-electron chi connectivity index (χ1n) is 16.6. The third-order valence-electron chi connectivity index (χ3n) is 8.16. The molecule has 2 amide bonds. The lowest BCUT2D eigenvalue weighted by Gasteiger charge is -2.31. The lowest BCUT2D eigenvalue weighted by Crippen LogP contribution is -2.39. The normalized spacial score (nSPS) is 15.8. The first-order valence-corrected chi connectivity index (χ1v) is 16.6. The van der Waals surface area contributed by atoms with Gasteiger partial charge >= 0.3 is 12.2 Å². The molecule has 0 saturated carbocycles. The Morgan fingerprint density at radius 1 is 0.830 bits per heavy atom. The number of aromatic nitrogens is 4. The van der Waals surface area contributed by atoms with Gasteiger partial charge in [-0.25, -0.2) is 19.6 Å². The second kappa shape index (κ2) is 13.6. The van der Waals surface area contributed by atoms with Gasteiger partial charge in [0.05, 0.1) is 35.9 Å². The predicted molar refractivity (Wildman–Crippen MR) is 184 cm³/mol. The van der Waals surface area contributed by atoms with Crippen molar-refractivity contribution in [2.24, 2.45) is 0 Å². The van der Waals surface area contributed by atoms with Gasteiger partial charge in [0.1, 0.15) is 22.9 Å². The van der Waals surface area contributed by atoms with Crippen LogP contribution in [0.5, 0.6) is 0 Å². The molecular weight excluding hydrogens is 592 g/mol. The molecule has 0 unspecified atom stereocenters. The van der Waals surface area contributed by atoms with E-state index in [-0.39, 0.29) is 24.3 Å². The van der Waals surface area contributed by atoms with Gasteiger partial charge in [0.15, 0.2) is 0 Å². The summed E-state index contributed by atoms with van der Waals surface area (Å²) in [7, 11) is 0. The van der Waals surface area contributed by atoms with Gasteiger partial charge in [-0.2, -0.15) is 0 Å². The highest BCUT2D eigenvalue weighted by Gasteiger charge is 2.35. The molecule has 47 heavy (non-hydrogen) atoms.